The van der Waals surface area contributed by atoms with Gasteiger partial charge in [-0.2, -0.15) is 0 Å². The number of aromatic hydroxyl groups is 1. The number of phenols is 1. The average molecular weight is 277 g/mol. The Kier molecular flexibility index (Phi) is 3.25. The number of benzene rings is 2. The largest absolute Gasteiger partial charge is 0.506 e. The SMILES string of the molecule is CN1CCN(c2cc(O)c(Cl)c3ccccc23)CC1. The number of phenolic OH excluding ortho intramolecular Hbond substituents is 1. The maximum atomic E-state index is 10.0. The van der Waals surface area contributed by atoms with E-state index in [1.807, 2.05) is 18.2 Å². The number of hydrogen-bond acceptors (Lipinski definition) is 3. The second kappa shape index (κ2) is 4.91. The molecule has 1 heterocycles. The Hall–Kier alpha value is -1.45. The predicted molar refractivity (Wildman–Crippen MR) is 80.3 cm³/mol. The van der Waals surface area contributed by atoms with Gasteiger partial charge in [-0.1, -0.05) is 35.9 Å². The molecule has 3 rings (SSSR count). The molecule has 3 nitrogen and oxygen atoms in total. The topological polar surface area (TPSA) is 26.7 Å². The maximum Gasteiger partial charge on any atom is 0.136 e. The molecule has 1 fully saturated rings. The Morgan fingerprint density at radius 2 is 1.68 bits per heavy atom. The van der Waals surface area contributed by atoms with E-state index >= 15 is 0 Å². The summed E-state index contributed by atoms with van der Waals surface area (Å²) in [7, 11) is 2.13. The lowest BCUT2D eigenvalue weighted by Gasteiger charge is -2.34. The molecule has 0 saturated carbocycles. The third-order valence-corrected chi connectivity index (χ3v) is 4.18. The van der Waals surface area contributed by atoms with Gasteiger partial charge in [-0.15, -0.1) is 0 Å². The standard InChI is InChI=1S/C15H17ClN2O/c1-17-6-8-18(9-7-17)13-10-14(19)15(16)12-5-3-2-4-11(12)13/h2-5,10,19H,6-9H2,1H3. The molecule has 2 aromatic carbocycles. The zero-order valence-electron chi connectivity index (χ0n) is 10.9. The molecule has 1 aliphatic rings. The van der Waals surface area contributed by atoms with Gasteiger partial charge in [0.05, 0.1) is 5.02 Å². The van der Waals surface area contributed by atoms with E-state index < -0.39 is 0 Å². The number of anilines is 1. The van der Waals surface area contributed by atoms with Crippen LogP contribution in [0.3, 0.4) is 0 Å². The zero-order valence-corrected chi connectivity index (χ0v) is 11.7. The van der Waals surface area contributed by atoms with Crippen molar-refractivity contribution in [2.24, 2.45) is 0 Å². The maximum absolute atomic E-state index is 10.0. The Morgan fingerprint density at radius 1 is 1.05 bits per heavy atom. The Labute approximate surface area is 118 Å². The fraction of sp³-hybridized carbons (Fsp3) is 0.333. The number of likely N-dealkylation sites (N-methyl/N-ethyl adjacent to an activating group) is 1. The summed E-state index contributed by atoms with van der Waals surface area (Å²) in [6.07, 6.45) is 0. The molecule has 0 atom stereocenters. The number of nitrogens with zero attached hydrogens (tertiary/aromatic N) is 2. The highest BCUT2D eigenvalue weighted by atomic mass is 35.5. The van der Waals surface area contributed by atoms with Crippen molar-refractivity contribution >= 4 is 28.1 Å². The molecule has 0 bridgehead atoms. The van der Waals surface area contributed by atoms with Gasteiger partial charge >= 0.3 is 0 Å². The van der Waals surface area contributed by atoms with E-state index in [0.29, 0.717) is 5.02 Å². The number of piperazine rings is 1. The Bertz CT molecular complexity index is 606. The molecule has 2 aromatic rings. The monoisotopic (exact) mass is 276 g/mol. The van der Waals surface area contributed by atoms with Crippen LogP contribution in [0.15, 0.2) is 30.3 Å². The summed E-state index contributed by atoms with van der Waals surface area (Å²) in [5.41, 5.74) is 1.07. The van der Waals surface area contributed by atoms with Crippen LogP contribution >= 0.6 is 11.6 Å². The molecule has 1 saturated heterocycles. The van der Waals surface area contributed by atoms with Crippen molar-refractivity contribution < 1.29 is 5.11 Å². The van der Waals surface area contributed by atoms with Crippen molar-refractivity contribution in [1.82, 2.24) is 4.90 Å². The summed E-state index contributed by atoms with van der Waals surface area (Å²) in [5.74, 6) is 0.161. The quantitative estimate of drug-likeness (QED) is 0.868. The molecule has 100 valence electrons. The van der Waals surface area contributed by atoms with Gasteiger partial charge in [-0.25, -0.2) is 0 Å². The van der Waals surface area contributed by atoms with Gasteiger partial charge in [0.25, 0.3) is 0 Å². The Balaban J connectivity index is 2.10. The summed E-state index contributed by atoms with van der Waals surface area (Å²) in [6.45, 7) is 4.03. The van der Waals surface area contributed by atoms with Crippen LogP contribution in [0.1, 0.15) is 0 Å². The van der Waals surface area contributed by atoms with E-state index in [1.54, 1.807) is 6.07 Å². The van der Waals surface area contributed by atoms with Gasteiger partial charge in [0.1, 0.15) is 5.75 Å². The first-order valence-electron chi connectivity index (χ1n) is 6.50. The van der Waals surface area contributed by atoms with Gasteiger partial charge in [0.2, 0.25) is 0 Å². The molecule has 0 aliphatic carbocycles. The average Bonchev–Trinajstić information content (AvgIpc) is 2.44. The van der Waals surface area contributed by atoms with Crippen molar-refractivity contribution in [3.63, 3.8) is 0 Å². The lowest BCUT2D eigenvalue weighted by Crippen LogP contribution is -2.44. The van der Waals surface area contributed by atoms with Crippen LogP contribution in [-0.2, 0) is 0 Å². The van der Waals surface area contributed by atoms with Crippen molar-refractivity contribution in [2.45, 2.75) is 0 Å². The zero-order chi connectivity index (χ0) is 13.4. The molecule has 0 amide bonds. The lowest BCUT2D eigenvalue weighted by molar-refractivity contribution is 0.313. The van der Waals surface area contributed by atoms with Crippen molar-refractivity contribution in [2.75, 3.05) is 38.1 Å². The van der Waals surface area contributed by atoms with Crippen molar-refractivity contribution in [1.29, 1.82) is 0 Å². The minimum atomic E-state index is 0.161. The van der Waals surface area contributed by atoms with Crippen LogP contribution in [0.25, 0.3) is 10.8 Å². The smallest absolute Gasteiger partial charge is 0.136 e. The van der Waals surface area contributed by atoms with E-state index in [4.69, 9.17) is 11.6 Å². The second-order valence-electron chi connectivity index (χ2n) is 5.06. The summed E-state index contributed by atoms with van der Waals surface area (Å²) < 4.78 is 0. The predicted octanol–water partition coefficient (Wildman–Crippen LogP) is 2.95. The number of fused-ring (bicyclic) bond motifs is 1. The number of halogens is 1. The second-order valence-corrected chi connectivity index (χ2v) is 5.44. The van der Waals surface area contributed by atoms with Gasteiger partial charge in [0, 0.05) is 48.7 Å². The van der Waals surface area contributed by atoms with Gasteiger partial charge in [0.15, 0.2) is 0 Å². The molecule has 0 aromatic heterocycles. The molecule has 0 radical (unpaired) electrons. The van der Waals surface area contributed by atoms with E-state index in [-0.39, 0.29) is 5.75 Å². The minimum absolute atomic E-state index is 0.161. The fourth-order valence-electron chi connectivity index (χ4n) is 2.62. The van der Waals surface area contributed by atoms with E-state index in [0.717, 1.165) is 42.6 Å². The third kappa shape index (κ3) is 2.24. The first-order chi connectivity index (χ1) is 9.16. The van der Waals surface area contributed by atoms with Gasteiger partial charge < -0.3 is 14.9 Å². The Morgan fingerprint density at radius 3 is 2.37 bits per heavy atom. The van der Waals surface area contributed by atoms with Crippen LogP contribution in [-0.4, -0.2) is 43.2 Å². The molecule has 0 spiro atoms. The minimum Gasteiger partial charge on any atom is -0.506 e. The summed E-state index contributed by atoms with van der Waals surface area (Å²) in [6, 6.07) is 9.76. The van der Waals surface area contributed by atoms with E-state index in [2.05, 4.69) is 22.9 Å². The normalized spacial score (nSPS) is 17.1. The highest BCUT2D eigenvalue weighted by molar-refractivity contribution is 6.37. The van der Waals surface area contributed by atoms with Crippen LogP contribution < -0.4 is 4.90 Å². The summed E-state index contributed by atoms with van der Waals surface area (Å²) >= 11 is 6.18. The molecule has 1 N–H and O–H groups in total. The molecule has 0 unspecified atom stereocenters. The van der Waals surface area contributed by atoms with Crippen molar-refractivity contribution in [3.05, 3.63) is 35.4 Å². The molecule has 19 heavy (non-hydrogen) atoms. The highest BCUT2D eigenvalue weighted by Crippen LogP contribution is 2.38. The summed E-state index contributed by atoms with van der Waals surface area (Å²) in [5, 5.41) is 12.5. The van der Waals surface area contributed by atoms with Crippen molar-refractivity contribution in [3.8, 4) is 5.75 Å². The van der Waals surface area contributed by atoms with Crippen LogP contribution in [0.2, 0.25) is 5.02 Å². The first kappa shape index (κ1) is 12.6. The summed E-state index contributed by atoms with van der Waals surface area (Å²) in [4.78, 5) is 4.63. The number of rotatable bonds is 1. The van der Waals surface area contributed by atoms with E-state index in [1.165, 1.54) is 0 Å². The van der Waals surface area contributed by atoms with Gasteiger partial charge in [-0.3, -0.25) is 0 Å². The fourth-order valence-corrected chi connectivity index (χ4v) is 2.83. The molecular formula is C15H17ClN2O. The van der Waals surface area contributed by atoms with Crippen LogP contribution in [0.5, 0.6) is 5.75 Å². The van der Waals surface area contributed by atoms with Crippen LogP contribution in [0.4, 0.5) is 5.69 Å². The molecule has 4 heteroatoms. The third-order valence-electron chi connectivity index (χ3n) is 3.78. The lowest BCUT2D eigenvalue weighted by atomic mass is 10.1. The van der Waals surface area contributed by atoms with Crippen LogP contribution in [0, 0.1) is 0 Å². The van der Waals surface area contributed by atoms with Gasteiger partial charge in [-0.05, 0) is 7.05 Å². The highest BCUT2D eigenvalue weighted by Gasteiger charge is 2.18. The molecule has 1 aliphatic heterocycles. The molecular weight excluding hydrogens is 260 g/mol. The first-order valence-corrected chi connectivity index (χ1v) is 6.88. The van der Waals surface area contributed by atoms with E-state index in [9.17, 15) is 5.11 Å². The number of hydrogen-bond donors (Lipinski definition) is 1.